The van der Waals surface area contributed by atoms with Crippen molar-refractivity contribution in [3.05, 3.63) is 64.2 Å². The van der Waals surface area contributed by atoms with Gasteiger partial charge in [-0.1, -0.05) is 24.3 Å². The molecule has 138 valence electrons. The van der Waals surface area contributed by atoms with Gasteiger partial charge < -0.3 is 9.68 Å². The SMILES string of the molecule is CC(=O)c1cccc2c1OB(O)[C@@H](CC(=O)c1ccc3c(c1)CN(C)C3)C2. The lowest BCUT2D eigenvalue weighted by Crippen LogP contribution is -2.35. The molecule has 0 unspecified atom stereocenters. The molecule has 0 bridgehead atoms. The van der Waals surface area contributed by atoms with Crippen molar-refractivity contribution in [2.45, 2.75) is 38.7 Å². The Morgan fingerprint density at radius 2 is 1.96 bits per heavy atom. The largest absolute Gasteiger partial charge is 0.535 e. The molecule has 0 spiro atoms. The predicted molar refractivity (Wildman–Crippen MR) is 103 cm³/mol. The number of fused-ring (bicyclic) bond motifs is 2. The van der Waals surface area contributed by atoms with Crippen LogP contribution in [0.1, 0.15) is 50.8 Å². The molecular weight excluding hydrogens is 341 g/mol. The van der Waals surface area contributed by atoms with Crippen molar-refractivity contribution in [2.24, 2.45) is 0 Å². The van der Waals surface area contributed by atoms with Crippen LogP contribution in [-0.2, 0) is 19.5 Å². The molecule has 0 amide bonds. The molecule has 0 aromatic heterocycles. The summed E-state index contributed by atoms with van der Waals surface area (Å²) in [7, 11) is 0.965. The zero-order valence-electron chi connectivity index (χ0n) is 15.6. The Morgan fingerprint density at radius 1 is 1.19 bits per heavy atom. The lowest BCUT2D eigenvalue weighted by atomic mass is 9.64. The van der Waals surface area contributed by atoms with E-state index >= 15 is 0 Å². The quantitative estimate of drug-likeness (QED) is 0.668. The highest BCUT2D eigenvalue weighted by Gasteiger charge is 2.37. The van der Waals surface area contributed by atoms with Crippen LogP contribution < -0.4 is 4.65 Å². The Balaban J connectivity index is 1.52. The van der Waals surface area contributed by atoms with E-state index in [1.807, 2.05) is 30.3 Å². The predicted octanol–water partition coefficient (Wildman–Crippen LogP) is 2.89. The van der Waals surface area contributed by atoms with E-state index in [9.17, 15) is 14.6 Å². The summed E-state index contributed by atoms with van der Waals surface area (Å²) in [4.78, 5) is 26.8. The molecule has 0 fully saturated rings. The molecule has 6 heteroatoms. The van der Waals surface area contributed by atoms with Gasteiger partial charge in [0.2, 0.25) is 0 Å². The molecule has 0 saturated carbocycles. The molecule has 0 aliphatic carbocycles. The number of carbonyl (C=O) groups is 2. The van der Waals surface area contributed by atoms with Crippen molar-refractivity contribution in [3.8, 4) is 5.75 Å². The Labute approximate surface area is 159 Å². The first-order valence-electron chi connectivity index (χ1n) is 9.23. The van der Waals surface area contributed by atoms with Crippen molar-refractivity contribution < 1.29 is 19.3 Å². The average Bonchev–Trinajstić information content (AvgIpc) is 3.00. The summed E-state index contributed by atoms with van der Waals surface area (Å²) in [6.07, 6.45) is 0.719. The topological polar surface area (TPSA) is 66.8 Å². The molecule has 2 heterocycles. The molecule has 2 aliphatic rings. The van der Waals surface area contributed by atoms with Crippen molar-refractivity contribution in [1.82, 2.24) is 4.90 Å². The van der Waals surface area contributed by atoms with E-state index in [2.05, 4.69) is 11.9 Å². The number of hydrogen-bond donors (Lipinski definition) is 1. The summed E-state index contributed by atoms with van der Waals surface area (Å²) in [5, 5.41) is 10.4. The van der Waals surface area contributed by atoms with Gasteiger partial charge in [-0.25, -0.2) is 0 Å². The summed E-state index contributed by atoms with van der Waals surface area (Å²) >= 11 is 0. The first kappa shape index (κ1) is 18.0. The summed E-state index contributed by atoms with van der Waals surface area (Å²) in [5.74, 6) is 0.0211. The Hall–Kier alpha value is -2.44. The third-order valence-electron chi connectivity index (χ3n) is 5.46. The first-order chi connectivity index (χ1) is 12.9. The standard InChI is InChI=1S/C21H22BNO4/c1-13(24)19-5-3-4-15-9-18(22(26)27-21(15)19)10-20(25)14-6-7-16-11-23(2)12-17(16)8-14/h3-8,18,26H,9-12H2,1-2H3/t18-/m1/s1. The number of para-hydroxylation sites is 1. The fourth-order valence-corrected chi connectivity index (χ4v) is 4.03. The lowest BCUT2D eigenvalue weighted by Gasteiger charge is -2.28. The molecule has 0 saturated heterocycles. The molecule has 1 atom stereocenters. The number of rotatable bonds is 4. The normalized spacial score (nSPS) is 18.6. The minimum absolute atomic E-state index is 0.00572. The highest BCUT2D eigenvalue weighted by atomic mass is 16.5. The van der Waals surface area contributed by atoms with E-state index in [1.165, 1.54) is 18.1 Å². The van der Waals surface area contributed by atoms with Crippen LogP contribution in [-0.4, -0.2) is 35.7 Å². The van der Waals surface area contributed by atoms with Gasteiger partial charge in [-0.3, -0.25) is 14.5 Å². The summed E-state index contributed by atoms with van der Waals surface area (Å²) in [6.45, 7) is 3.24. The van der Waals surface area contributed by atoms with E-state index in [0.717, 1.165) is 18.7 Å². The Morgan fingerprint density at radius 3 is 2.74 bits per heavy atom. The van der Waals surface area contributed by atoms with Crippen LogP contribution in [0.2, 0.25) is 5.82 Å². The van der Waals surface area contributed by atoms with Crippen LogP contribution in [0.5, 0.6) is 5.75 Å². The van der Waals surface area contributed by atoms with Crippen molar-refractivity contribution >= 4 is 18.7 Å². The van der Waals surface area contributed by atoms with Crippen LogP contribution in [0.4, 0.5) is 0 Å². The molecule has 0 radical (unpaired) electrons. The van der Waals surface area contributed by atoms with Gasteiger partial charge in [0, 0.05) is 30.9 Å². The molecule has 1 N–H and O–H groups in total. The Kier molecular flexibility index (Phi) is 4.62. The van der Waals surface area contributed by atoms with Gasteiger partial charge in [0.05, 0.1) is 5.56 Å². The van der Waals surface area contributed by atoms with Crippen molar-refractivity contribution in [2.75, 3.05) is 7.05 Å². The van der Waals surface area contributed by atoms with Gasteiger partial charge in [0.15, 0.2) is 11.6 Å². The van der Waals surface area contributed by atoms with E-state index < -0.39 is 7.12 Å². The van der Waals surface area contributed by atoms with Gasteiger partial charge >= 0.3 is 7.12 Å². The van der Waals surface area contributed by atoms with Crippen LogP contribution >= 0.6 is 0 Å². The number of ketones is 2. The average molecular weight is 363 g/mol. The number of nitrogens with zero attached hydrogens (tertiary/aromatic N) is 1. The maximum absolute atomic E-state index is 12.8. The van der Waals surface area contributed by atoms with Crippen molar-refractivity contribution in [3.63, 3.8) is 0 Å². The molecule has 4 rings (SSSR count). The monoisotopic (exact) mass is 363 g/mol. The second kappa shape index (κ2) is 6.95. The maximum atomic E-state index is 12.8. The van der Waals surface area contributed by atoms with Gasteiger partial charge in [0.25, 0.3) is 0 Å². The summed E-state index contributed by atoms with van der Waals surface area (Å²) < 4.78 is 5.64. The van der Waals surface area contributed by atoms with Crippen LogP contribution in [0.3, 0.4) is 0 Å². The number of benzene rings is 2. The van der Waals surface area contributed by atoms with Crippen LogP contribution in [0.15, 0.2) is 36.4 Å². The molecule has 27 heavy (non-hydrogen) atoms. The molecule has 2 aromatic carbocycles. The zero-order chi connectivity index (χ0) is 19.1. The second-order valence-electron chi connectivity index (χ2n) is 7.61. The van der Waals surface area contributed by atoms with Crippen molar-refractivity contribution in [1.29, 1.82) is 0 Å². The molecular formula is C21H22BNO4. The van der Waals surface area contributed by atoms with Gasteiger partial charge in [-0.05, 0) is 49.2 Å². The molecule has 2 aromatic rings. The molecule has 2 aliphatic heterocycles. The number of carbonyl (C=O) groups excluding carboxylic acids is 2. The molecule has 5 nitrogen and oxygen atoms in total. The van der Waals surface area contributed by atoms with E-state index in [4.69, 9.17) is 4.65 Å². The second-order valence-corrected chi connectivity index (χ2v) is 7.61. The Bertz CT molecular complexity index is 926. The minimum atomic E-state index is -1.09. The third kappa shape index (κ3) is 3.43. The van der Waals surface area contributed by atoms with E-state index in [0.29, 0.717) is 23.3 Å². The third-order valence-corrected chi connectivity index (χ3v) is 5.46. The van der Waals surface area contributed by atoms with E-state index in [-0.39, 0.29) is 23.8 Å². The number of Topliss-reactive ketones (excluding diaryl/α,β-unsaturated/α-hetero) is 2. The summed E-state index contributed by atoms with van der Waals surface area (Å²) in [5.41, 5.74) is 4.47. The van der Waals surface area contributed by atoms with Crippen LogP contribution in [0.25, 0.3) is 0 Å². The fourth-order valence-electron chi connectivity index (χ4n) is 4.03. The first-order valence-corrected chi connectivity index (χ1v) is 9.23. The van der Waals surface area contributed by atoms with Gasteiger partial charge in [-0.2, -0.15) is 0 Å². The lowest BCUT2D eigenvalue weighted by molar-refractivity contribution is 0.0971. The van der Waals surface area contributed by atoms with Gasteiger partial charge in [0.1, 0.15) is 5.75 Å². The summed E-state index contributed by atoms with van der Waals surface area (Å²) in [6, 6.07) is 11.3. The highest BCUT2D eigenvalue weighted by molar-refractivity contribution is 6.47. The van der Waals surface area contributed by atoms with Gasteiger partial charge in [-0.15, -0.1) is 0 Å². The van der Waals surface area contributed by atoms with Crippen LogP contribution in [0, 0.1) is 0 Å². The maximum Gasteiger partial charge on any atom is 0.526 e. The fraction of sp³-hybridized carbons (Fsp3) is 0.333. The smallest absolute Gasteiger partial charge is 0.526 e. The zero-order valence-corrected chi connectivity index (χ0v) is 15.6. The highest BCUT2D eigenvalue weighted by Crippen LogP contribution is 2.37. The van der Waals surface area contributed by atoms with E-state index in [1.54, 1.807) is 6.07 Å². The minimum Gasteiger partial charge on any atom is -0.535 e. The number of hydrogen-bond acceptors (Lipinski definition) is 5.